The third-order valence-electron chi connectivity index (χ3n) is 8.24. The molecule has 0 bridgehead atoms. The molecule has 1 N–H and O–H groups in total. The van der Waals surface area contributed by atoms with Crippen molar-refractivity contribution in [3.63, 3.8) is 0 Å². The number of nitrogens with zero attached hydrogens (tertiary/aromatic N) is 3. The Morgan fingerprint density at radius 3 is 2.51 bits per heavy atom. The second kappa shape index (κ2) is 12.0. The number of anilines is 1. The maximum atomic E-state index is 14.8. The quantitative estimate of drug-likeness (QED) is 0.447. The third kappa shape index (κ3) is 6.52. The van der Waals surface area contributed by atoms with Crippen LogP contribution >= 0.6 is 11.8 Å². The maximum Gasteiger partial charge on any atom is 0.322 e. The molecule has 0 spiro atoms. The fourth-order valence-corrected chi connectivity index (χ4v) is 7.30. The fraction of sp³-hybridized carbons (Fsp3) is 0.516. The van der Waals surface area contributed by atoms with E-state index >= 15 is 0 Å². The van der Waals surface area contributed by atoms with Crippen LogP contribution in [0.4, 0.5) is 19.3 Å². The van der Waals surface area contributed by atoms with Crippen LogP contribution in [0.3, 0.4) is 0 Å². The summed E-state index contributed by atoms with van der Waals surface area (Å²) >= 11 is 1.23. The van der Waals surface area contributed by atoms with E-state index in [-0.39, 0.29) is 42.7 Å². The van der Waals surface area contributed by atoms with Crippen molar-refractivity contribution in [3.8, 4) is 0 Å². The number of nitrogens with one attached hydrogen (secondary N) is 1. The Kier molecular flexibility index (Phi) is 8.59. The lowest BCUT2D eigenvalue weighted by Gasteiger charge is -2.38. The number of rotatable bonds is 6. The first-order valence-electron chi connectivity index (χ1n) is 14.3. The number of urea groups is 1. The van der Waals surface area contributed by atoms with E-state index in [1.807, 2.05) is 29.2 Å². The van der Waals surface area contributed by atoms with E-state index in [2.05, 4.69) is 26.1 Å². The van der Waals surface area contributed by atoms with Gasteiger partial charge in [-0.25, -0.2) is 13.6 Å². The lowest BCUT2D eigenvalue weighted by Crippen LogP contribution is -2.50. The van der Waals surface area contributed by atoms with Crippen molar-refractivity contribution in [2.75, 3.05) is 31.5 Å². The molecule has 2 aromatic rings. The minimum atomic E-state index is -0.951. The number of amides is 4. The topological polar surface area (TPSA) is 73.0 Å². The molecule has 2 aromatic carbocycles. The third-order valence-corrected chi connectivity index (χ3v) is 9.71. The summed E-state index contributed by atoms with van der Waals surface area (Å²) in [5.41, 5.74) is 2.04. The van der Waals surface area contributed by atoms with Crippen molar-refractivity contribution in [1.82, 2.24) is 14.7 Å². The van der Waals surface area contributed by atoms with E-state index in [1.165, 1.54) is 23.9 Å². The van der Waals surface area contributed by atoms with Gasteiger partial charge in [0.25, 0.3) is 0 Å². The molecule has 7 nitrogen and oxygen atoms in total. The molecule has 3 aliphatic heterocycles. The van der Waals surface area contributed by atoms with Crippen LogP contribution in [0, 0.1) is 17.0 Å². The van der Waals surface area contributed by atoms with Crippen LogP contribution in [0.2, 0.25) is 0 Å². The van der Waals surface area contributed by atoms with Gasteiger partial charge in [-0.2, -0.15) is 0 Å². The smallest absolute Gasteiger partial charge is 0.322 e. The number of hydrogen-bond donors (Lipinski definition) is 1. The highest BCUT2D eigenvalue weighted by Gasteiger charge is 2.44. The largest absolute Gasteiger partial charge is 0.342 e. The van der Waals surface area contributed by atoms with E-state index in [0.29, 0.717) is 45.4 Å². The molecule has 5 rings (SSSR count). The molecule has 4 amide bonds. The number of likely N-dealkylation sites (tertiary alicyclic amines) is 1. The van der Waals surface area contributed by atoms with Crippen LogP contribution in [0.5, 0.6) is 0 Å². The van der Waals surface area contributed by atoms with E-state index in [1.54, 1.807) is 9.80 Å². The highest BCUT2D eigenvalue weighted by atomic mass is 32.2. The number of carbonyl (C=O) groups is 3. The molecule has 0 radical (unpaired) electrons. The van der Waals surface area contributed by atoms with Crippen LogP contribution in [0.15, 0.2) is 42.5 Å². The minimum Gasteiger partial charge on any atom is -0.342 e. The zero-order valence-electron chi connectivity index (χ0n) is 23.9. The molecular formula is C31H40F2N4O3S. The fourth-order valence-electron chi connectivity index (χ4n) is 5.81. The molecule has 222 valence electrons. The second-order valence-electron chi connectivity index (χ2n) is 12.3. The van der Waals surface area contributed by atoms with Gasteiger partial charge in [0.2, 0.25) is 11.8 Å². The van der Waals surface area contributed by atoms with Crippen molar-refractivity contribution < 1.29 is 24.6 Å². The van der Waals surface area contributed by atoms with Crippen LogP contribution in [-0.2, 0) is 16.0 Å². The number of carbonyl (C=O) groups excluding carboxylic acids is 3. The van der Waals surface area contributed by atoms with Gasteiger partial charge < -0.3 is 20.0 Å². The van der Waals surface area contributed by atoms with E-state index in [4.69, 9.17) is 0 Å². The van der Waals surface area contributed by atoms with Crippen molar-refractivity contribution in [3.05, 3.63) is 65.2 Å². The van der Waals surface area contributed by atoms with Crippen molar-refractivity contribution in [1.29, 1.82) is 0 Å². The average Bonchev–Trinajstić information content (AvgIpc) is 3.12. The monoisotopic (exact) mass is 586 g/mol. The zero-order valence-corrected chi connectivity index (χ0v) is 24.7. The normalized spacial score (nSPS) is 22.0. The number of hydrogen-bond acceptors (Lipinski definition) is 4. The maximum absolute atomic E-state index is 14.8. The molecule has 10 heteroatoms. The molecule has 0 aromatic heterocycles. The minimum absolute atomic E-state index is 0. The number of halogens is 2. The van der Waals surface area contributed by atoms with Crippen LogP contribution in [0.1, 0.15) is 64.4 Å². The Hall–Kier alpha value is -3.14. The highest BCUT2D eigenvalue weighted by molar-refractivity contribution is 8.01. The first-order chi connectivity index (χ1) is 19.5. The summed E-state index contributed by atoms with van der Waals surface area (Å²) in [6.45, 7) is 8.22. The summed E-state index contributed by atoms with van der Waals surface area (Å²) in [6, 6.07) is 11.8. The molecule has 41 heavy (non-hydrogen) atoms. The number of para-hydroxylation sites is 1. The summed E-state index contributed by atoms with van der Waals surface area (Å²) in [4.78, 5) is 45.0. The van der Waals surface area contributed by atoms with Gasteiger partial charge in [0, 0.05) is 51.3 Å². The number of thioether (sulfide) groups is 1. The predicted molar refractivity (Wildman–Crippen MR) is 158 cm³/mol. The molecule has 0 saturated carbocycles. The molecule has 2 saturated heterocycles. The average molecular weight is 587 g/mol. The molecule has 3 aliphatic rings. The molecule has 2 fully saturated rings. The molecule has 2 unspecified atom stereocenters. The molecular weight excluding hydrogens is 546 g/mol. The zero-order chi connectivity index (χ0) is 29.3. The highest BCUT2D eigenvalue weighted by Crippen LogP contribution is 2.46. The van der Waals surface area contributed by atoms with Gasteiger partial charge in [-0.15, -0.1) is 11.8 Å². The summed E-state index contributed by atoms with van der Waals surface area (Å²) in [7, 11) is 0. The number of fused-ring (bicyclic) bond motifs is 1. The first-order valence-corrected chi connectivity index (χ1v) is 15.3. The lowest BCUT2D eigenvalue weighted by atomic mass is 9.92. The van der Waals surface area contributed by atoms with Gasteiger partial charge in [0.05, 0.1) is 5.25 Å². The molecule has 2 atom stereocenters. The van der Waals surface area contributed by atoms with Crippen LogP contribution in [0.25, 0.3) is 0 Å². The lowest BCUT2D eigenvalue weighted by molar-refractivity contribution is -0.137. The van der Waals surface area contributed by atoms with Crippen LogP contribution < -0.4 is 5.32 Å². The summed E-state index contributed by atoms with van der Waals surface area (Å²) in [6.07, 6.45) is 2.79. The van der Waals surface area contributed by atoms with E-state index < -0.39 is 22.3 Å². The molecule has 3 heterocycles. The van der Waals surface area contributed by atoms with Gasteiger partial charge in [-0.05, 0) is 48.8 Å². The SMILES string of the molecule is CC(C)(C)CCN1C(=O)C(CC(=O)N2CCC(N3CCc4ccccc4NC3=O)CC2)SC1c1cccc(F)c1F.[HH]. The van der Waals surface area contributed by atoms with Gasteiger partial charge in [0.15, 0.2) is 11.6 Å². The number of benzene rings is 2. The van der Waals surface area contributed by atoms with Gasteiger partial charge in [-0.3, -0.25) is 9.59 Å². The second-order valence-corrected chi connectivity index (χ2v) is 13.6. The Morgan fingerprint density at radius 1 is 1.05 bits per heavy atom. The summed E-state index contributed by atoms with van der Waals surface area (Å²) < 4.78 is 28.9. The van der Waals surface area contributed by atoms with Gasteiger partial charge >= 0.3 is 6.03 Å². The predicted octanol–water partition coefficient (Wildman–Crippen LogP) is 6.06. The Morgan fingerprint density at radius 2 is 1.78 bits per heavy atom. The van der Waals surface area contributed by atoms with Crippen LogP contribution in [-0.4, -0.2) is 70.0 Å². The Labute approximate surface area is 246 Å². The van der Waals surface area contributed by atoms with E-state index in [9.17, 15) is 23.2 Å². The van der Waals surface area contributed by atoms with E-state index in [0.717, 1.165) is 23.7 Å². The Balaban J connectivity index is 0.00000405. The van der Waals surface area contributed by atoms with Crippen molar-refractivity contribution in [2.45, 2.75) is 69.5 Å². The Bertz CT molecular complexity index is 1320. The summed E-state index contributed by atoms with van der Waals surface area (Å²) in [5, 5.41) is 1.67. The van der Waals surface area contributed by atoms with Crippen molar-refractivity contribution >= 4 is 35.3 Å². The van der Waals surface area contributed by atoms with Gasteiger partial charge in [-0.1, -0.05) is 51.1 Å². The standard InChI is InChI=1S/C31H38F2N4O3S.H2/c1-31(2,3)14-18-37-28(39)25(41-29(37)22-8-6-9-23(32)27(22)33)19-26(38)35-15-12-21(13-16-35)36-17-11-20-7-4-5-10-24(20)34-30(36)40;/h4-10,21,25,29H,11-19H2,1-3H3,(H,34,40);1H. The first kappa shape index (κ1) is 29.4. The van der Waals surface area contributed by atoms with Crippen molar-refractivity contribution in [2.24, 2.45) is 5.41 Å². The number of piperidine rings is 1. The van der Waals surface area contributed by atoms with Gasteiger partial charge in [0.1, 0.15) is 5.37 Å². The molecule has 0 aliphatic carbocycles. The summed E-state index contributed by atoms with van der Waals surface area (Å²) in [5.74, 6) is -2.24.